The summed E-state index contributed by atoms with van der Waals surface area (Å²) < 4.78 is 34.8. The summed E-state index contributed by atoms with van der Waals surface area (Å²) in [5.74, 6) is 0.851. The van der Waals surface area contributed by atoms with Crippen LogP contribution in [0.25, 0.3) is 11.3 Å². The van der Waals surface area contributed by atoms with Crippen molar-refractivity contribution in [3.05, 3.63) is 41.6 Å². The Hall–Kier alpha value is -1.79. The van der Waals surface area contributed by atoms with E-state index in [-0.39, 0.29) is 0 Å². The Morgan fingerprint density at radius 2 is 2.05 bits per heavy atom. The van der Waals surface area contributed by atoms with Crippen LogP contribution in [0.5, 0.6) is 5.75 Å². The molecule has 1 aliphatic carbocycles. The third-order valence-corrected chi connectivity index (χ3v) is 4.47. The normalized spacial score (nSPS) is 14.5. The molecule has 5 nitrogen and oxygen atoms in total. The molecule has 1 aromatic carbocycles. The monoisotopic (exact) mass is 321 g/mol. The summed E-state index contributed by atoms with van der Waals surface area (Å²) in [7, 11) is -1.78. The first-order valence-electron chi connectivity index (χ1n) is 7.11. The van der Waals surface area contributed by atoms with Crippen LogP contribution in [0.1, 0.15) is 18.1 Å². The van der Waals surface area contributed by atoms with Gasteiger partial charge >= 0.3 is 0 Å². The average Bonchev–Trinajstić information content (AvgIpc) is 2.95. The molecule has 1 unspecified atom stereocenters. The van der Waals surface area contributed by atoms with Gasteiger partial charge in [0.05, 0.1) is 31.7 Å². The largest absolute Gasteiger partial charge is 0.497 e. The van der Waals surface area contributed by atoms with Crippen molar-refractivity contribution in [1.82, 2.24) is 4.57 Å². The van der Waals surface area contributed by atoms with Gasteiger partial charge in [-0.2, -0.15) is 8.42 Å². The van der Waals surface area contributed by atoms with E-state index in [1.807, 2.05) is 12.3 Å². The molecular weight excluding hydrogens is 302 g/mol. The van der Waals surface area contributed by atoms with Crippen LogP contribution in [0.3, 0.4) is 0 Å². The standard InChI is InChI=1S/C16H19NO4S/c1-11(21-22(3,18)19)10-17-7-6-12-8-13-9-14(20-2)4-5-15(13)16(12)17/h4-7,9,11H,8,10H2,1-3H3. The van der Waals surface area contributed by atoms with Crippen LogP contribution in [0.4, 0.5) is 0 Å². The number of benzene rings is 1. The summed E-state index contributed by atoms with van der Waals surface area (Å²) >= 11 is 0. The quantitative estimate of drug-likeness (QED) is 0.677. The van der Waals surface area contributed by atoms with Crippen molar-refractivity contribution in [3.8, 4) is 17.0 Å². The zero-order valence-electron chi connectivity index (χ0n) is 12.9. The fourth-order valence-electron chi connectivity index (χ4n) is 3.03. The molecule has 0 radical (unpaired) electrons. The van der Waals surface area contributed by atoms with Gasteiger partial charge in [0, 0.05) is 18.2 Å². The summed E-state index contributed by atoms with van der Waals surface area (Å²) in [5.41, 5.74) is 4.79. The van der Waals surface area contributed by atoms with E-state index in [0.717, 1.165) is 24.1 Å². The molecule has 0 bridgehead atoms. The third kappa shape index (κ3) is 2.89. The molecule has 0 amide bonds. The average molecular weight is 321 g/mol. The smallest absolute Gasteiger partial charge is 0.264 e. The zero-order chi connectivity index (χ0) is 15.9. The molecule has 0 spiro atoms. The minimum atomic E-state index is -3.44. The first-order valence-corrected chi connectivity index (χ1v) is 8.92. The van der Waals surface area contributed by atoms with Gasteiger partial charge < -0.3 is 9.30 Å². The Labute approximate surface area is 130 Å². The molecule has 1 atom stereocenters. The van der Waals surface area contributed by atoms with E-state index in [9.17, 15) is 8.42 Å². The maximum atomic E-state index is 11.2. The second kappa shape index (κ2) is 5.44. The fourth-order valence-corrected chi connectivity index (χ4v) is 3.68. The lowest BCUT2D eigenvalue weighted by molar-refractivity contribution is 0.210. The lowest BCUT2D eigenvalue weighted by Crippen LogP contribution is -2.20. The van der Waals surface area contributed by atoms with Crippen LogP contribution in [0.15, 0.2) is 30.5 Å². The molecule has 22 heavy (non-hydrogen) atoms. The van der Waals surface area contributed by atoms with E-state index in [1.165, 1.54) is 16.7 Å². The van der Waals surface area contributed by atoms with Crippen molar-refractivity contribution in [1.29, 1.82) is 0 Å². The number of hydrogen-bond acceptors (Lipinski definition) is 4. The van der Waals surface area contributed by atoms with Crippen LogP contribution in [-0.2, 0) is 27.3 Å². The van der Waals surface area contributed by atoms with Gasteiger partial charge in [0.25, 0.3) is 10.1 Å². The Morgan fingerprint density at radius 3 is 2.73 bits per heavy atom. The molecule has 2 aromatic rings. The summed E-state index contributed by atoms with van der Waals surface area (Å²) in [5, 5.41) is 0. The van der Waals surface area contributed by atoms with Crippen LogP contribution < -0.4 is 4.74 Å². The van der Waals surface area contributed by atoms with Crippen molar-refractivity contribution >= 4 is 10.1 Å². The molecule has 118 valence electrons. The van der Waals surface area contributed by atoms with Gasteiger partial charge in [-0.3, -0.25) is 4.18 Å². The Balaban J connectivity index is 1.89. The number of methoxy groups -OCH3 is 1. The molecule has 3 rings (SSSR count). The van der Waals surface area contributed by atoms with Crippen LogP contribution in [0.2, 0.25) is 0 Å². The Morgan fingerprint density at radius 1 is 1.27 bits per heavy atom. The van der Waals surface area contributed by atoms with Crippen molar-refractivity contribution in [2.75, 3.05) is 13.4 Å². The number of fused-ring (bicyclic) bond motifs is 3. The molecule has 0 saturated carbocycles. The highest BCUT2D eigenvalue weighted by atomic mass is 32.2. The first-order chi connectivity index (χ1) is 10.4. The maximum Gasteiger partial charge on any atom is 0.264 e. The van der Waals surface area contributed by atoms with Gasteiger partial charge in [0.1, 0.15) is 5.75 Å². The van der Waals surface area contributed by atoms with Gasteiger partial charge in [-0.25, -0.2) is 0 Å². The van der Waals surface area contributed by atoms with E-state index < -0.39 is 16.2 Å². The van der Waals surface area contributed by atoms with E-state index >= 15 is 0 Å². The summed E-state index contributed by atoms with van der Waals surface area (Å²) in [6.07, 6.45) is 3.52. The molecule has 1 heterocycles. The van der Waals surface area contributed by atoms with Crippen molar-refractivity contribution in [2.24, 2.45) is 0 Å². The fraction of sp³-hybridized carbons (Fsp3) is 0.375. The SMILES string of the molecule is COc1ccc2c(c1)Cc1ccn(CC(C)OS(C)(=O)=O)c1-2. The number of rotatable bonds is 5. The molecule has 6 heteroatoms. The van der Waals surface area contributed by atoms with Crippen LogP contribution in [0, 0.1) is 0 Å². The maximum absolute atomic E-state index is 11.2. The molecule has 0 saturated heterocycles. The first kappa shape index (κ1) is 15.1. The summed E-state index contributed by atoms with van der Waals surface area (Å²) in [6, 6.07) is 8.13. The van der Waals surface area contributed by atoms with Crippen molar-refractivity contribution < 1.29 is 17.3 Å². The lowest BCUT2D eigenvalue weighted by Gasteiger charge is -2.15. The van der Waals surface area contributed by atoms with Crippen LogP contribution >= 0.6 is 0 Å². The van der Waals surface area contributed by atoms with Gasteiger partial charge in [-0.05, 0) is 42.3 Å². The predicted molar refractivity (Wildman–Crippen MR) is 84.6 cm³/mol. The van der Waals surface area contributed by atoms with Gasteiger partial charge in [0.2, 0.25) is 0 Å². The minimum absolute atomic E-state index is 0.409. The topological polar surface area (TPSA) is 57.5 Å². The van der Waals surface area contributed by atoms with E-state index in [1.54, 1.807) is 14.0 Å². The molecule has 0 aliphatic heterocycles. The summed E-state index contributed by atoms with van der Waals surface area (Å²) in [6.45, 7) is 2.26. The van der Waals surface area contributed by atoms with Gasteiger partial charge in [-0.15, -0.1) is 0 Å². The zero-order valence-corrected chi connectivity index (χ0v) is 13.7. The lowest BCUT2D eigenvalue weighted by atomic mass is 10.1. The Kier molecular flexibility index (Phi) is 3.74. The highest BCUT2D eigenvalue weighted by Gasteiger charge is 2.23. The molecule has 0 N–H and O–H groups in total. The third-order valence-electron chi connectivity index (χ3n) is 3.79. The molecule has 1 aromatic heterocycles. The highest BCUT2D eigenvalue weighted by molar-refractivity contribution is 7.86. The van der Waals surface area contributed by atoms with Gasteiger partial charge in [0.15, 0.2) is 0 Å². The molecular formula is C16H19NO4S. The highest BCUT2D eigenvalue weighted by Crippen LogP contribution is 2.39. The second-order valence-electron chi connectivity index (χ2n) is 5.65. The number of nitrogens with zero attached hydrogens (tertiary/aromatic N) is 1. The molecule has 1 aliphatic rings. The number of ether oxygens (including phenoxy) is 1. The number of hydrogen-bond donors (Lipinski definition) is 0. The predicted octanol–water partition coefficient (Wildman–Crippen LogP) is 2.43. The minimum Gasteiger partial charge on any atom is -0.497 e. The summed E-state index contributed by atoms with van der Waals surface area (Å²) in [4.78, 5) is 0. The van der Waals surface area contributed by atoms with Crippen molar-refractivity contribution in [3.63, 3.8) is 0 Å². The van der Waals surface area contributed by atoms with E-state index in [0.29, 0.717) is 6.54 Å². The van der Waals surface area contributed by atoms with Gasteiger partial charge in [-0.1, -0.05) is 0 Å². The van der Waals surface area contributed by atoms with E-state index in [2.05, 4.69) is 22.8 Å². The van der Waals surface area contributed by atoms with Crippen LogP contribution in [-0.4, -0.2) is 32.5 Å². The Bertz CT molecular complexity index is 808. The molecule has 0 fully saturated rings. The van der Waals surface area contributed by atoms with Crippen molar-refractivity contribution in [2.45, 2.75) is 26.0 Å². The number of aromatic nitrogens is 1. The van der Waals surface area contributed by atoms with E-state index in [4.69, 9.17) is 8.92 Å². The second-order valence-corrected chi connectivity index (χ2v) is 7.25.